The topological polar surface area (TPSA) is 41.6 Å². The van der Waals surface area contributed by atoms with Gasteiger partial charge in [-0.05, 0) is 67.8 Å². The second-order valence-electron chi connectivity index (χ2n) is 7.59. The molecule has 1 heterocycles. The smallest absolute Gasteiger partial charge is 0.162 e. The van der Waals surface area contributed by atoms with E-state index in [1.165, 1.54) is 37.8 Å². The van der Waals surface area contributed by atoms with Crippen molar-refractivity contribution in [1.29, 1.82) is 5.26 Å². The van der Waals surface area contributed by atoms with E-state index < -0.39 is 0 Å². The highest BCUT2D eigenvalue weighted by Gasteiger charge is 2.49. The van der Waals surface area contributed by atoms with E-state index in [0.29, 0.717) is 17.7 Å². The summed E-state index contributed by atoms with van der Waals surface area (Å²) in [6.07, 6.45) is 7.08. The first-order valence-corrected chi connectivity index (χ1v) is 8.15. The van der Waals surface area contributed by atoms with E-state index in [-0.39, 0.29) is 0 Å². The van der Waals surface area contributed by atoms with E-state index in [1.807, 2.05) is 6.07 Å². The van der Waals surface area contributed by atoms with Crippen molar-refractivity contribution in [3.05, 3.63) is 17.5 Å². The summed E-state index contributed by atoms with van der Waals surface area (Å²) in [6.45, 7) is 4.43. The molecule has 1 aromatic rings. The van der Waals surface area contributed by atoms with E-state index in [1.54, 1.807) is 0 Å². The lowest BCUT2D eigenvalue weighted by molar-refractivity contribution is -0.0349. The quantitative estimate of drug-likeness (QED) is 0.817. The van der Waals surface area contributed by atoms with Crippen LogP contribution in [0.5, 0.6) is 0 Å². The summed E-state index contributed by atoms with van der Waals surface area (Å²) in [6, 6.07) is 4.81. The lowest BCUT2D eigenvalue weighted by Gasteiger charge is -2.54. The Morgan fingerprint density at radius 1 is 1.15 bits per heavy atom. The van der Waals surface area contributed by atoms with Crippen LogP contribution in [0.4, 0.5) is 0 Å². The van der Waals surface area contributed by atoms with Crippen LogP contribution in [-0.4, -0.2) is 9.78 Å². The minimum atomic E-state index is 0.446. The van der Waals surface area contributed by atoms with Gasteiger partial charge in [0.05, 0.1) is 6.04 Å². The zero-order chi connectivity index (χ0) is 13.9. The van der Waals surface area contributed by atoms with Gasteiger partial charge in [0.15, 0.2) is 5.69 Å². The van der Waals surface area contributed by atoms with Crippen molar-refractivity contribution in [3.8, 4) is 6.07 Å². The molecule has 4 aliphatic rings. The summed E-state index contributed by atoms with van der Waals surface area (Å²) >= 11 is 0. The Morgan fingerprint density at radius 3 is 2.25 bits per heavy atom. The van der Waals surface area contributed by atoms with Crippen molar-refractivity contribution in [3.63, 3.8) is 0 Å². The predicted molar refractivity (Wildman–Crippen MR) is 77.1 cm³/mol. The second kappa shape index (κ2) is 4.35. The largest absolute Gasteiger partial charge is 0.264 e. The fraction of sp³-hybridized carbons (Fsp3) is 0.765. The highest BCUT2D eigenvalue weighted by molar-refractivity contribution is 5.25. The van der Waals surface area contributed by atoms with Crippen LogP contribution in [0.15, 0.2) is 6.07 Å². The number of hydrogen-bond acceptors (Lipinski definition) is 2. The molecule has 20 heavy (non-hydrogen) atoms. The Hall–Kier alpha value is -1.30. The third kappa shape index (κ3) is 1.74. The molecule has 4 saturated carbocycles. The Kier molecular flexibility index (Phi) is 2.70. The molecule has 4 fully saturated rings. The lowest BCUT2D eigenvalue weighted by Crippen LogP contribution is -2.46. The Morgan fingerprint density at radius 2 is 1.75 bits per heavy atom. The molecule has 4 aliphatic carbocycles. The third-order valence-corrected chi connectivity index (χ3v) is 5.93. The number of nitrogens with zero attached hydrogens (tertiary/aromatic N) is 3. The molecule has 0 aromatic carbocycles. The molecule has 4 bridgehead atoms. The molecule has 106 valence electrons. The highest BCUT2D eigenvalue weighted by Crippen LogP contribution is 2.58. The summed E-state index contributed by atoms with van der Waals surface area (Å²) in [5.74, 6) is 4.05. The van der Waals surface area contributed by atoms with Gasteiger partial charge in [-0.25, -0.2) is 0 Å². The van der Waals surface area contributed by atoms with Gasteiger partial charge in [-0.15, -0.1) is 0 Å². The molecule has 3 heteroatoms. The number of hydrogen-bond donors (Lipinski definition) is 0. The summed E-state index contributed by atoms with van der Waals surface area (Å²) in [7, 11) is 0. The van der Waals surface area contributed by atoms with Crippen molar-refractivity contribution in [1.82, 2.24) is 9.78 Å². The molecule has 3 nitrogen and oxygen atoms in total. The van der Waals surface area contributed by atoms with Crippen molar-refractivity contribution >= 4 is 0 Å². The van der Waals surface area contributed by atoms with Gasteiger partial charge < -0.3 is 0 Å². The molecule has 0 unspecified atom stereocenters. The average molecular weight is 269 g/mol. The van der Waals surface area contributed by atoms with E-state index in [0.717, 1.165) is 23.7 Å². The van der Waals surface area contributed by atoms with E-state index in [4.69, 9.17) is 0 Å². The molecule has 0 aliphatic heterocycles. The van der Waals surface area contributed by atoms with Crippen molar-refractivity contribution in [2.75, 3.05) is 0 Å². The molecule has 1 aromatic heterocycles. The van der Waals surface area contributed by atoms with Gasteiger partial charge in [0.2, 0.25) is 0 Å². The van der Waals surface area contributed by atoms with Crippen LogP contribution in [0.3, 0.4) is 0 Å². The predicted octanol–water partition coefficient (Wildman–Crippen LogP) is 3.88. The van der Waals surface area contributed by atoms with Crippen LogP contribution in [0.2, 0.25) is 0 Å². The maximum Gasteiger partial charge on any atom is 0.162 e. The minimum Gasteiger partial charge on any atom is -0.264 e. The average Bonchev–Trinajstić information content (AvgIpc) is 2.81. The van der Waals surface area contributed by atoms with Gasteiger partial charge >= 0.3 is 0 Å². The van der Waals surface area contributed by atoms with Crippen LogP contribution in [0.1, 0.15) is 69.3 Å². The lowest BCUT2D eigenvalue weighted by atomic mass is 9.54. The Bertz CT molecular complexity index is 535. The third-order valence-electron chi connectivity index (χ3n) is 5.93. The number of nitriles is 1. The maximum atomic E-state index is 9.18. The summed E-state index contributed by atoms with van der Waals surface area (Å²) in [4.78, 5) is 0. The molecule has 0 radical (unpaired) electrons. The van der Waals surface area contributed by atoms with Crippen molar-refractivity contribution < 1.29 is 0 Å². The molecular formula is C17H23N3. The molecule has 0 spiro atoms. The molecule has 0 atom stereocenters. The fourth-order valence-corrected chi connectivity index (χ4v) is 5.43. The van der Waals surface area contributed by atoms with Gasteiger partial charge in [-0.1, -0.05) is 13.8 Å². The number of rotatable bonds is 2. The SMILES string of the molecule is CC(C)c1cc(C#N)nn1C1C2CC3CC(C2)CC1C3. The number of aromatic nitrogens is 2. The van der Waals surface area contributed by atoms with Gasteiger partial charge in [-0.2, -0.15) is 10.4 Å². The molecule has 0 N–H and O–H groups in total. The van der Waals surface area contributed by atoms with Crippen LogP contribution in [-0.2, 0) is 0 Å². The van der Waals surface area contributed by atoms with Crippen LogP contribution >= 0.6 is 0 Å². The standard InChI is InChI=1S/C17H23N3/c1-10(2)16-8-15(9-18)19-20(16)17-13-4-11-3-12(6-13)7-14(17)5-11/h8,10-14,17H,3-7H2,1-2H3. The monoisotopic (exact) mass is 269 g/mol. The fourth-order valence-electron chi connectivity index (χ4n) is 5.43. The first kappa shape index (κ1) is 12.4. The van der Waals surface area contributed by atoms with Gasteiger partial charge in [0, 0.05) is 5.69 Å². The first-order chi connectivity index (χ1) is 9.65. The van der Waals surface area contributed by atoms with E-state index in [9.17, 15) is 5.26 Å². The summed E-state index contributed by atoms with van der Waals surface area (Å²) in [5.41, 5.74) is 1.86. The molecule has 0 saturated heterocycles. The Balaban J connectivity index is 1.74. The minimum absolute atomic E-state index is 0.446. The summed E-state index contributed by atoms with van der Waals surface area (Å²) < 4.78 is 2.26. The Labute approximate surface area is 121 Å². The van der Waals surface area contributed by atoms with Gasteiger partial charge in [0.1, 0.15) is 6.07 Å². The molecule has 5 rings (SSSR count). The molecule has 0 amide bonds. The van der Waals surface area contributed by atoms with Gasteiger partial charge in [-0.3, -0.25) is 4.68 Å². The first-order valence-electron chi connectivity index (χ1n) is 8.15. The normalized spacial score (nSPS) is 38.4. The van der Waals surface area contributed by atoms with Crippen molar-refractivity contribution in [2.45, 2.75) is 57.9 Å². The zero-order valence-electron chi connectivity index (χ0n) is 12.4. The zero-order valence-corrected chi connectivity index (χ0v) is 12.4. The molecular weight excluding hydrogens is 246 g/mol. The van der Waals surface area contributed by atoms with Crippen LogP contribution in [0, 0.1) is 35.0 Å². The maximum absolute atomic E-state index is 9.18. The van der Waals surface area contributed by atoms with Crippen LogP contribution in [0.25, 0.3) is 0 Å². The summed E-state index contributed by atoms with van der Waals surface area (Å²) in [5, 5.41) is 13.8. The van der Waals surface area contributed by atoms with E-state index in [2.05, 4.69) is 29.7 Å². The van der Waals surface area contributed by atoms with Crippen LogP contribution < -0.4 is 0 Å². The van der Waals surface area contributed by atoms with Crippen molar-refractivity contribution in [2.24, 2.45) is 23.7 Å². The highest BCUT2D eigenvalue weighted by atomic mass is 15.3. The van der Waals surface area contributed by atoms with Gasteiger partial charge in [0.25, 0.3) is 0 Å². The van der Waals surface area contributed by atoms with E-state index >= 15 is 0 Å². The second-order valence-corrected chi connectivity index (χ2v) is 7.59.